The molecule has 1 atom stereocenters. The van der Waals surface area contributed by atoms with Gasteiger partial charge in [-0.05, 0) is 30.3 Å². The number of hydrogen-bond acceptors (Lipinski definition) is 4. The first-order chi connectivity index (χ1) is 6.90. The Morgan fingerprint density at radius 2 is 2.36 bits per heavy atom. The van der Waals surface area contributed by atoms with E-state index < -0.39 is 0 Å². The highest BCUT2D eigenvalue weighted by Crippen LogP contribution is 2.41. The van der Waals surface area contributed by atoms with Gasteiger partial charge in [-0.1, -0.05) is 12.1 Å². The van der Waals surface area contributed by atoms with Gasteiger partial charge < -0.3 is 0 Å². The second-order valence-electron chi connectivity index (χ2n) is 3.07. The Bertz CT molecular complexity index is 480. The van der Waals surface area contributed by atoms with Crippen molar-refractivity contribution in [3.05, 3.63) is 30.1 Å². The van der Waals surface area contributed by atoms with Gasteiger partial charge in [0.2, 0.25) is 0 Å². The molecule has 3 nitrogen and oxygen atoms in total. The molecular weight excluding hydrogens is 214 g/mol. The number of thioether (sulfide) groups is 1. The van der Waals surface area contributed by atoms with Crippen LogP contribution in [0.2, 0.25) is 0 Å². The minimum Gasteiger partial charge on any atom is -0.265 e. The molecule has 1 aliphatic rings. The lowest BCUT2D eigenvalue weighted by molar-refractivity contribution is 0.973. The third kappa shape index (κ3) is 1.05. The van der Waals surface area contributed by atoms with Crippen LogP contribution in [0.25, 0.3) is 11.0 Å². The van der Waals surface area contributed by atoms with Crippen LogP contribution in [-0.2, 0) is 0 Å². The van der Waals surface area contributed by atoms with E-state index in [2.05, 4.69) is 26.8 Å². The Morgan fingerprint density at radius 3 is 3.21 bits per heavy atom. The summed E-state index contributed by atoms with van der Waals surface area (Å²) in [5.41, 5.74) is 2.22. The maximum absolute atomic E-state index is 4.60. The SMILES string of the molecule is CSC1SNn2c1nc1ccccc12. The normalized spacial score (nSPS) is 19.6. The Kier molecular flexibility index (Phi) is 1.88. The van der Waals surface area contributed by atoms with Gasteiger partial charge in [-0.3, -0.25) is 4.83 Å². The summed E-state index contributed by atoms with van der Waals surface area (Å²) in [5, 5.41) is 0. The second kappa shape index (κ2) is 3.10. The van der Waals surface area contributed by atoms with E-state index in [-0.39, 0.29) is 0 Å². The first-order valence-corrected chi connectivity index (χ1v) is 6.49. The number of hydrogen-bond donors (Lipinski definition) is 1. The van der Waals surface area contributed by atoms with Crippen molar-refractivity contribution in [1.82, 2.24) is 9.66 Å². The van der Waals surface area contributed by atoms with E-state index in [4.69, 9.17) is 0 Å². The fourth-order valence-corrected chi connectivity index (χ4v) is 3.14. The smallest absolute Gasteiger partial charge is 0.154 e. The third-order valence-corrected chi connectivity index (χ3v) is 4.48. The number of nitrogens with one attached hydrogen (secondary N) is 1. The van der Waals surface area contributed by atoms with E-state index in [1.807, 2.05) is 30.0 Å². The van der Waals surface area contributed by atoms with E-state index in [1.54, 1.807) is 11.9 Å². The van der Waals surface area contributed by atoms with Crippen molar-refractivity contribution in [2.45, 2.75) is 4.58 Å². The fourth-order valence-electron chi connectivity index (χ4n) is 1.61. The van der Waals surface area contributed by atoms with Crippen LogP contribution in [-0.4, -0.2) is 15.9 Å². The van der Waals surface area contributed by atoms with E-state index >= 15 is 0 Å². The van der Waals surface area contributed by atoms with Gasteiger partial charge in [0.1, 0.15) is 4.58 Å². The molecule has 72 valence electrons. The van der Waals surface area contributed by atoms with Gasteiger partial charge in [0.15, 0.2) is 5.82 Å². The van der Waals surface area contributed by atoms with E-state index in [0.29, 0.717) is 4.58 Å². The van der Waals surface area contributed by atoms with Gasteiger partial charge >= 0.3 is 0 Å². The van der Waals surface area contributed by atoms with Gasteiger partial charge in [0, 0.05) is 0 Å². The quantitative estimate of drug-likeness (QED) is 0.753. The van der Waals surface area contributed by atoms with Gasteiger partial charge in [-0.25, -0.2) is 9.66 Å². The lowest BCUT2D eigenvalue weighted by Gasteiger charge is -1.99. The fraction of sp³-hybridized carbons (Fsp3) is 0.222. The summed E-state index contributed by atoms with van der Waals surface area (Å²) in [5.74, 6) is 1.11. The van der Waals surface area contributed by atoms with Crippen molar-refractivity contribution in [2.75, 3.05) is 11.1 Å². The third-order valence-electron chi connectivity index (χ3n) is 2.26. The molecule has 0 amide bonds. The summed E-state index contributed by atoms with van der Waals surface area (Å²) in [6.07, 6.45) is 2.11. The van der Waals surface area contributed by atoms with Crippen LogP contribution in [0.4, 0.5) is 0 Å². The Labute approximate surface area is 90.4 Å². The summed E-state index contributed by atoms with van der Waals surface area (Å²) in [6, 6.07) is 8.19. The summed E-state index contributed by atoms with van der Waals surface area (Å²) < 4.78 is 2.48. The molecule has 1 N–H and O–H groups in total. The van der Waals surface area contributed by atoms with Crippen molar-refractivity contribution < 1.29 is 0 Å². The first kappa shape index (κ1) is 8.49. The van der Waals surface area contributed by atoms with E-state index in [9.17, 15) is 0 Å². The zero-order valence-electron chi connectivity index (χ0n) is 7.60. The summed E-state index contributed by atoms with van der Waals surface area (Å²) in [6.45, 7) is 0. The number of benzene rings is 1. The van der Waals surface area contributed by atoms with Gasteiger partial charge in [0.25, 0.3) is 0 Å². The molecule has 0 saturated heterocycles. The van der Waals surface area contributed by atoms with Gasteiger partial charge in [-0.15, -0.1) is 11.8 Å². The predicted molar refractivity (Wildman–Crippen MR) is 62.9 cm³/mol. The monoisotopic (exact) mass is 223 g/mol. The highest BCUT2D eigenvalue weighted by molar-refractivity contribution is 8.16. The Hall–Kier alpha value is -0.810. The average Bonchev–Trinajstić information content (AvgIpc) is 2.75. The topological polar surface area (TPSA) is 29.9 Å². The molecule has 0 spiro atoms. The van der Waals surface area contributed by atoms with Crippen LogP contribution in [0.5, 0.6) is 0 Å². The number of para-hydroxylation sites is 2. The zero-order chi connectivity index (χ0) is 9.54. The predicted octanol–water partition coefficient (Wildman–Crippen LogP) is 2.60. The number of aromatic nitrogens is 2. The molecule has 0 fully saturated rings. The largest absolute Gasteiger partial charge is 0.265 e. The molecule has 1 aromatic carbocycles. The lowest BCUT2D eigenvalue weighted by atomic mass is 10.3. The zero-order valence-corrected chi connectivity index (χ0v) is 9.23. The number of imidazole rings is 1. The minimum absolute atomic E-state index is 0.405. The molecule has 0 saturated carbocycles. The Balaban J connectivity index is 2.26. The van der Waals surface area contributed by atoms with Crippen LogP contribution in [0.1, 0.15) is 10.4 Å². The molecule has 1 unspecified atom stereocenters. The van der Waals surface area contributed by atoms with E-state index in [1.165, 1.54) is 0 Å². The molecule has 1 aliphatic heterocycles. The molecule has 5 heteroatoms. The molecular formula is C9H9N3S2. The molecule has 1 aromatic heterocycles. The molecule has 0 aliphatic carbocycles. The summed E-state index contributed by atoms with van der Waals surface area (Å²) in [7, 11) is 0. The highest BCUT2D eigenvalue weighted by atomic mass is 32.2. The molecule has 0 radical (unpaired) electrons. The van der Waals surface area contributed by atoms with Crippen LogP contribution in [0.15, 0.2) is 24.3 Å². The summed E-state index contributed by atoms with van der Waals surface area (Å²) >= 11 is 3.51. The maximum Gasteiger partial charge on any atom is 0.154 e. The van der Waals surface area contributed by atoms with Crippen molar-refractivity contribution in [1.29, 1.82) is 0 Å². The minimum atomic E-state index is 0.405. The van der Waals surface area contributed by atoms with Crippen LogP contribution >= 0.6 is 23.7 Å². The number of rotatable bonds is 1. The standard InChI is InChI=1S/C9H9N3S2/c1-13-9-8-10-6-4-2-3-5-7(6)12(8)11-14-9/h2-5,9,11H,1H3. The average molecular weight is 223 g/mol. The van der Waals surface area contributed by atoms with Crippen LogP contribution in [0.3, 0.4) is 0 Å². The van der Waals surface area contributed by atoms with Crippen molar-refractivity contribution in [3.63, 3.8) is 0 Å². The molecule has 3 rings (SSSR count). The lowest BCUT2D eigenvalue weighted by Crippen LogP contribution is -2.00. The summed E-state index contributed by atoms with van der Waals surface area (Å²) in [4.78, 5) is 7.88. The van der Waals surface area contributed by atoms with Crippen molar-refractivity contribution in [2.24, 2.45) is 0 Å². The second-order valence-corrected chi connectivity index (χ2v) is 5.20. The van der Waals surface area contributed by atoms with Crippen LogP contribution < -0.4 is 4.83 Å². The molecule has 2 aromatic rings. The van der Waals surface area contributed by atoms with Gasteiger partial charge in [-0.2, -0.15) is 0 Å². The Morgan fingerprint density at radius 1 is 1.50 bits per heavy atom. The van der Waals surface area contributed by atoms with E-state index in [0.717, 1.165) is 16.9 Å². The molecule has 14 heavy (non-hydrogen) atoms. The number of fused-ring (bicyclic) bond motifs is 3. The van der Waals surface area contributed by atoms with Crippen LogP contribution in [0, 0.1) is 0 Å². The molecule has 2 heterocycles. The van der Waals surface area contributed by atoms with Gasteiger partial charge in [0.05, 0.1) is 11.0 Å². The molecule has 0 bridgehead atoms. The van der Waals surface area contributed by atoms with Crippen molar-refractivity contribution >= 4 is 34.7 Å². The highest BCUT2D eigenvalue weighted by Gasteiger charge is 2.26. The van der Waals surface area contributed by atoms with Crippen molar-refractivity contribution in [3.8, 4) is 0 Å². The maximum atomic E-state index is 4.60. The number of nitrogens with zero attached hydrogens (tertiary/aromatic N) is 2. The first-order valence-electron chi connectivity index (χ1n) is 4.32.